The first-order valence-corrected chi connectivity index (χ1v) is 11.2. The van der Waals surface area contributed by atoms with Crippen LogP contribution in [0.4, 0.5) is 0 Å². The molecular formula is C24H34O3. The molecule has 0 aliphatic heterocycles. The lowest BCUT2D eigenvalue weighted by Gasteiger charge is -2.69. The fourth-order valence-corrected chi connectivity index (χ4v) is 10.4. The number of ether oxygens (including phenoxy) is 1. The summed E-state index contributed by atoms with van der Waals surface area (Å²) in [5, 5.41) is 0. The molecule has 0 aromatic heterocycles. The quantitative estimate of drug-likeness (QED) is 0.697. The molecule has 0 amide bonds. The molecule has 0 aromatic carbocycles. The van der Waals surface area contributed by atoms with Gasteiger partial charge in [-0.2, -0.15) is 0 Å². The molecule has 8 aliphatic carbocycles. The predicted octanol–water partition coefficient (Wildman–Crippen LogP) is 4.86. The number of hydrogen-bond acceptors (Lipinski definition) is 3. The molecule has 8 saturated carbocycles. The Labute approximate surface area is 163 Å². The first-order valence-electron chi connectivity index (χ1n) is 11.2. The zero-order chi connectivity index (χ0) is 19.1. The monoisotopic (exact) mass is 370 g/mol. The van der Waals surface area contributed by atoms with Gasteiger partial charge in [-0.15, -0.1) is 0 Å². The topological polar surface area (TPSA) is 43.4 Å². The van der Waals surface area contributed by atoms with Crippen LogP contribution in [0.3, 0.4) is 0 Å². The molecule has 8 aliphatic rings. The fraction of sp³-hybridized carbons (Fsp3) is 0.917. The van der Waals surface area contributed by atoms with Crippen molar-refractivity contribution in [1.82, 2.24) is 0 Å². The fourth-order valence-electron chi connectivity index (χ4n) is 10.4. The highest BCUT2D eigenvalue weighted by atomic mass is 16.5. The van der Waals surface area contributed by atoms with Crippen LogP contribution in [0, 0.1) is 33.5 Å². The van der Waals surface area contributed by atoms with Gasteiger partial charge in [0, 0.05) is 22.7 Å². The first-order chi connectivity index (χ1) is 12.4. The Kier molecular flexibility index (Phi) is 2.80. The van der Waals surface area contributed by atoms with Crippen molar-refractivity contribution in [3.8, 4) is 0 Å². The second-order valence-corrected chi connectivity index (χ2v) is 13.2. The molecule has 8 fully saturated rings. The zero-order valence-electron chi connectivity index (χ0n) is 17.5. The standard InChI is InChI=1S/C24H34O3/c1-19-5-15-7-23(11-19,13-21(3,9-19)17(15)25)27-24-8-16-6-20(2,12-24)10-22(4,14-24)18(16)26/h15-16H,5-14H2,1-4H3. The number of carbonyl (C=O) groups is 2. The van der Waals surface area contributed by atoms with Gasteiger partial charge in [0.1, 0.15) is 11.6 Å². The summed E-state index contributed by atoms with van der Waals surface area (Å²) in [6.45, 7) is 9.21. The van der Waals surface area contributed by atoms with Crippen LogP contribution in [0.2, 0.25) is 0 Å². The van der Waals surface area contributed by atoms with Crippen LogP contribution in [0.1, 0.15) is 91.9 Å². The Hall–Kier alpha value is -0.700. The van der Waals surface area contributed by atoms with Gasteiger partial charge in [0.25, 0.3) is 0 Å². The largest absolute Gasteiger partial charge is 0.368 e. The maximum Gasteiger partial charge on any atom is 0.142 e. The summed E-state index contributed by atoms with van der Waals surface area (Å²) >= 11 is 0. The van der Waals surface area contributed by atoms with E-state index in [1.807, 2.05) is 0 Å². The highest BCUT2D eigenvalue weighted by molar-refractivity contribution is 5.90. The van der Waals surface area contributed by atoms with Gasteiger partial charge < -0.3 is 4.74 Å². The lowest BCUT2D eigenvalue weighted by molar-refractivity contribution is -0.290. The van der Waals surface area contributed by atoms with Crippen LogP contribution in [0.15, 0.2) is 0 Å². The Morgan fingerprint density at radius 1 is 0.630 bits per heavy atom. The van der Waals surface area contributed by atoms with Gasteiger partial charge in [0.15, 0.2) is 0 Å². The van der Waals surface area contributed by atoms with E-state index in [2.05, 4.69) is 27.7 Å². The Balaban J connectivity index is 1.39. The Bertz CT molecular complexity index is 724. The minimum Gasteiger partial charge on any atom is -0.368 e. The lowest BCUT2D eigenvalue weighted by Crippen LogP contribution is -2.69. The summed E-state index contributed by atoms with van der Waals surface area (Å²) in [5.41, 5.74) is -0.0916. The van der Waals surface area contributed by atoms with Crippen molar-refractivity contribution < 1.29 is 14.3 Å². The molecule has 0 heterocycles. The third kappa shape index (κ3) is 2.08. The normalized spacial score (nSPS) is 63.3. The predicted molar refractivity (Wildman–Crippen MR) is 102 cm³/mol. The number of rotatable bonds is 2. The average molecular weight is 371 g/mol. The SMILES string of the molecule is CC12CC3CC(OC45CC6CC(C)(C4)CC(C)(C5)C6=O)(C1)CC(C)(C2)C3=O. The summed E-state index contributed by atoms with van der Waals surface area (Å²) in [7, 11) is 0. The number of carbonyl (C=O) groups excluding carboxylic acids is 2. The Morgan fingerprint density at radius 3 is 1.41 bits per heavy atom. The smallest absolute Gasteiger partial charge is 0.142 e. The lowest BCUT2D eigenvalue weighted by atomic mass is 9.41. The Morgan fingerprint density at radius 2 is 1.04 bits per heavy atom. The maximum absolute atomic E-state index is 13.0. The van der Waals surface area contributed by atoms with Crippen molar-refractivity contribution in [1.29, 1.82) is 0 Å². The average Bonchev–Trinajstić information content (AvgIpc) is 2.45. The maximum atomic E-state index is 13.0. The van der Waals surface area contributed by atoms with Gasteiger partial charge in [0.2, 0.25) is 0 Å². The molecule has 8 bridgehead atoms. The second kappa shape index (κ2) is 4.40. The van der Waals surface area contributed by atoms with E-state index in [-0.39, 0.29) is 44.7 Å². The minimum absolute atomic E-state index is 0.125. The van der Waals surface area contributed by atoms with Crippen molar-refractivity contribution in [2.45, 2.75) is 103 Å². The highest BCUT2D eigenvalue weighted by Crippen LogP contribution is 2.70. The van der Waals surface area contributed by atoms with Crippen molar-refractivity contribution >= 4 is 11.6 Å². The molecule has 0 saturated heterocycles. The summed E-state index contributed by atoms with van der Waals surface area (Å²) in [4.78, 5) is 26.0. The van der Waals surface area contributed by atoms with E-state index in [0.717, 1.165) is 64.2 Å². The van der Waals surface area contributed by atoms with E-state index < -0.39 is 0 Å². The highest BCUT2D eigenvalue weighted by Gasteiger charge is 2.70. The summed E-state index contributed by atoms with van der Waals surface area (Å²) in [6.07, 6.45) is 10.2. The molecular weight excluding hydrogens is 336 g/mol. The van der Waals surface area contributed by atoms with Crippen molar-refractivity contribution in [2.75, 3.05) is 0 Å². The van der Waals surface area contributed by atoms with E-state index in [1.165, 1.54) is 0 Å². The number of hydrogen-bond donors (Lipinski definition) is 0. The van der Waals surface area contributed by atoms with E-state index in [4.69, 9.17) is 4.74 Å². The molecule has 8 unspecified atom stereocenters. The molecule has 3 heteroatoms. The molecule has 27 heavy (non-hydrogen) atoms. The van der Waals surface area contributed by atoms with Gasteiger partial charge in [-0.05, 0) is 75.0 Å². The van der Waals surface area contributed by atoms with Crippen LogP contribution in [-0.2, 0) is 14.3 Å². The van der Waals surface area contributed by atoms with Crippen molar-refractivity contribution in [2.24, 2.45) is 33.5 Å². The number of ketones is 2. The van der Waals surface area contributed by atoms with E-state index in [0.29, 0.717) is 11.6 Å². The molecule has 8 atom stereocenters. The van der Waals surface area contributed by atoms with E-state index in [1.54, 1.807) is 0 Å². The van der Waals surface area contributed by atoms with Crippen LogP contribution >= 0.6 is 0 Å². The molecule has 8 rings (SSSR count). The summed E-state index contributed by atoms with van der Waals surface area (Å²) in [5.74, 6) is 1.44. The third-order valence-electron chi connectivity index (χ3n) is 9.64. The minimum atomic E-state index is -0.180. The second-order valence-electron chi connectivity index (χ2n) is 13.2. The van der Waals surface area contributed by atoms with Crippen LogP contribution in [-0.4, -0.2) is 22.8 Å². The number of Topliss-reactive ketones (excluding diaryl/α,β-unsaturated/α-hetero) is 2. The van der Waals surface area contributed by atoms with Crippen LogP contribution < -0.4 is 0 Å². The van der Waals surface area contributed by atoms with Gasteiger partial charge in [-0.25, -0.2) is 0 Å². The molecule has 0 spiro atoms. The summed E-state index contributed by atoms with van der Waals surface area (Å²) in [6, 6.07) is 0. The summed E-state index contributed by atoms with van der Waals surface area (Å²) < 4.78 is 7.30. The zero-order valence-corrected chi connectivity index (χ0v) is 17.5. The van der Waals surface area contributed by atoms with Gasteiger partial charge in [-0.1, -0.05) is 27.7 Å². The van der Waals surface area contributed by atoms with Crippen molar-refractivity contribution in [3.05, 3.63) is 0 Å². The van der Waals surface area contributed by atoms with E-state index >= 15 is 0 Å². The van der Waals surface area contributed by atoms with Crippen LogP contribution in [0.5, 0.6) is 0 Å². The van der Waals surface area contributed by atoms with Gasteiger partial charge in [0.05, 0.1) is 11.2 Å². The van der Waals surface area contributed by atoms with E-state index in [9.17, 15) is 9.59 Å². The molecule has 0 aromatic rings. The van der Waals surface area contributed by atoms with Crippen LogP contribution in [0.25, 0.3) is 0 Å². The van der Waals surface area contributed by atoms with Gasteiger partial charge in [-0.3, -0.25) is 9.59 Å². The van der Waals surface area contributed by atoms with Gasteiger partial charge >= 0.3 is 0 Å². The molecule has 3 nitrogen and oxygen atoms in total. The first kappa shape index (κ1) is 17.2. The molecule has 0 radical (unpaired) electrons. The third-order valence-corrected chi connectivity index (χ3v) is 9.64. The molecule has 148 valence electrons. The molecule has 0 N–H and O–H groups in total. The van der Waals surface area contributed by atoms with Crippen molar-refractivity contribution in [3.63, 3.8) is 0 Å².